The van der Waals surface area contributed by atoms with E-state index in [1.165, 1.54) is 12.5 Å². The molecule has 0 heterocycles. The minimum absolute atomic E-state index is 0.187. The maximum atomic E-state index is 12.0. The average molecular weight is 381 g/mol. The Morgan fingerprint density at radius 2 is 1.86 bits per heavy atom. The molecule has 0 radical (unpaired) electrons. The molecule has 5 nitrogen and oxygen atoms in total. The molecule has 0 saturated heterocycles. The fraction of sp³-hybridized carbons (Fsp3) is 0.391. The van der Waals surface area contributed by atoms with Crippen molar-refractivity contribution in [1.29, 1.82) is 0 Å². The van der Waals surface area contributed by atoms with E-state index < -0.39 is 5.97 Å². The van der Waals surface area contributed by atoms with Crippen LogP contribution in [0.2, 0.25) is 0 Å². The van der Waals surface area contributed by atoms with Crippen molar-refractivity contribution >= 4 is 28.7 Å². The van der Waals surface area contributed by atoms with Crippen LogP contribution in [0.4, 0.5) is 0 Å². The summed E-state index contributed by atoms with van der Waals surface area (Å²) >= 11 is 0. The molecule has 0 aliphatic heterocycles. The van der Waals surface area contributed by atoms with Crippen LogP contribution >= 0.6 is 0 Å². The van der Waals surface area contributed by atoms with Crippen LogP contribution in [0.25, 0.3) is 16.8 Å². The van der Waals surface area contributed by atoms with Gasteiger partial charge in [0.05, 0.1) is 7.11 Å². The Hall–Kier alpha value is -2.82. The lowest BCUT2D eigenvalue weighted by Gasteiger charge is -2.29. The molecule has 1 amide bonds. The van der Waals surface area contributed by atoms with E-state index in [1.54, 1.807) is 13.2 Å². The Labute approximate surface area is 165 Å². The SMILES string of the molecule is COc1ccc2cc(/C=C/C(=O)OCC(=O)N[C@@H]3CCCC[C@@H]3C)ccc2c1. The van der Waals surface area contributed by atoms with Crippen molar-refractivity contribution in [2.75, 3.05) is 13.7 Å². The molecule has 5 heteroatoms. The Morgan fingerprint density at radius 1 is 1.11 bits per heavy atom. The third kappa shape index (κ3) is 5.35. The summed E-state index contributed by atoms with van der Waals surface area (Å²) in [6.45, 7) is 1.91. The van der Waals surface area contributed by atoms with Crippen LogP contribution in [-0.2, 0) is 14.3 Å². The number of carbonyl (C=O) groups excluding carboxylic acids is 2. The van der Waals surface area contributed by atoms with Crippen molar-refractivity contribution in [3.8, 4) is 5.75 Å². The second kappa shape index (κ2) is 9.40. The van der Waals surface area contributed by atoms with Crippen molar-refractivity contribution in [3.63, 3.8) is 0 Å². The first-order valence-electron chi connectivity index (χ1n) is 9.77. The van der Waals surface area contributed by atoms with Gasteiger partial charge in [-0.15, -0.1) is 0 Å². The maximum absolute atomic E-state index is 12.0. The first kappa shape index (κ1) is 19.9. The van der Waals surface area contributed by atoms with Crippen LogP contribution in [0.5, 0.6) is 5.75 Å². The van der Waals surface area contributed by atoms with E-state index >= 15 is 0 Å². The number of methoxy groups -OCH3 is 1. The number of ether oxygens (including phenoxy) is 2. The van der Waals surface area contributed by atoms with Gasteiger partial charge >= 0.3 is 5.97 Å². The van der Waals surface area contributed by atoms with E-state index in [9.17, 15) is 9.59 Å². The highest BCUT2D eigenvalue weighted by Crippen LogP contribution is 2.24. The third-order valence-corrected chi connectivity index (χ3v) is 5.29. The number of nitrogens with one attached hydrogen (secondary N) is 1. The molecule has 3 rings (SSSR count). The minimum atomic E-state index is -0.526. The van der Waals surface area contributed by atoms with Crippen molar-refractivity contribution in [2.24, 2.45) is 5.92 Å². The summed E-state index contributed by atoms with van der Waals surface area (Å²) in [5.41, 5.74) is 0.884. The van der Waals surface area contributed by atoms with Gasteiger partial charge in [0.1, 0.15) is 5.75 Å². The van der Waals surface area contributed by atoms with Gasteiger partial charge in [-0.25, -0.2) is 4.79 Å². The predicted molar refractivity (Wildman–Crippen MR) is 110 cm³/mol. The first-order chi connectivity index (χ1) is 13.5. The van der Waals surface area contributed by atoms with E-state index in [2.05, 4.69) is 12.2 Å². The van der Waals surface area contributed by atoms with Gasteiger partial charge in [0.2, 0.25) is 0 Å². The molecule has 1 saturated carbocycles. The van der Waals surface area contributed by atoms with E-state index in [1.807, 2.05) is 36.4 Å². The zero-order chi connectivity index (χ0) is 19.9. The summed E-state index contributed by atoms with van der Waals surface area (Å²) in [5.74, 6) is 0.517. The molecule has 2 atom stereocenters. The van der Waals surface area contributed by atoms with E-state index in [-0.39, 0.29) is 18.6 Å². The molecule has 1 N–H and O–H groups in total. The lowest BCUT2D eigenvalue weighted by Crippen LogP contribution is -2.42. The predicted octanol–water partition coefficient (Wildman–Crippen LogP) is 4.10. The summed E-state index contributed by atoms with van der Waals surface area (Å²) in [5, 5.41) is 5.09. The van der Waals surface area contributed by atoms with E-state index in [0.717, 1.165) is 41.3 Å². The summed E-state index contributed by atoms with van der Waals surface area (Å²) in [6.07, 6.45) is 7.51. The largest absolute Gasteiger partial charge is 0.497 e. The smallest absolute Gasteiger partial charge is 0.331 e. The highest BCUT2D eigenvalue weighted by atomic mass is 16.5. The summed E-state index contributed by atoms with van der Waals surface area (Å²) < 4.78 is 10.3. The van der Waals surface area contributed by atoms with Crippen molar-refractivity contribution in [2.45, 2.75) is 38.6 Å². The van der Waals surface area contributed by atoms with Gasteiger partial charge in [0.25, 0.3) is 5.91 Å². The van der Waals surface area contributed by atoms with Crippen LogP contribution in [0, 0.1) is 5.92 Å². The Bertz CT molecular complexity index is 874. The van der Waals surface area contributed by atoms with Gasteiger partial charge in [-0.2, -0.15) is 0 Å². The summed E-state index contributed by atoms with van der Waals surface area (Å²) in [4.78, 5) is 23.9. The molecule has 28 heavy (non-hydrogen) atoms. The van der Waals surface area contributed by atoms with Crippen LogP contribution in [0.3, 0.4) is 0 Å². The number of esters is 1. The Morgan fingerprint density at radius 3 is 2.64 bits per heavy atom. The van der Waals surface area contributed by atoms with Crippen molar-refractivity contribution in [1.82, 2.24) is 5.32 Å². The number of hydrogen-bond acceptors (Lipinski definition) is 4. The summed E-state index contributed by atoms with van der Waals surface area (Å²) in [6, 6.07) is 11.9. The number of carbonyl (C=O) groups is 2. The molecule has 0 unspecified atom stereocenters. The third-order valence-electron chi connectivity index (χ3n) is 5.29. The van der Waals surface area contributed by atoms with Gasteiger partial charge in [0, 0.05) is 12.1 Å². The van der Waals surface area contributed by atoms with Gasteiger partial charge in [-0.3, -0.25) is 4.79 Å². The molecule has 0 aromatic heterocycles. The molecule has 1 fully saturated rings. The first-order valence-corrected chi connectivity index (χ1v) is 9.77. The maximum Gasteiger partial charge on any atom is 0.331 e. The Balaban J connectivity index is 1.50. The minimum Gasteiger partial charge on any atom is -0.497 e. The van der Waals surface area contributed by atoms with E-state index in [0.29, 0.717) is 5.92 Å². The van der Waals surface area contributed by atoms with Crippen LogP contribution < -0.4 is 10.1 Å². The molecular weight excluding hydrogens is 354 g/mol. The van der Waals surface area contributed by atoms with Crippen LogP contribution in [-0.4, -0.2) is 31.6 Å². The topological polar surface area (TPSA) is 64.6 Å². The van der Waals surface area contributed by atoms with E-state index in [4.69, 9.17) is 9.47 Å². The highest BCUT2D eigenvalue weighted by molar-refractivity contribution is 5.91. The zero-order valence-electron chi connectivity index (χ0n) is 16.4. The fourth-order valence-electron chi connectivity index (χ4n) is 3.60. The molecule has 2 aromatic rings. The normalized spacial score (nSPS) is 19.5. The molecule has 0 spiro atoms. The number of benzene rings is 2. The summed E-state index contributed by atoms with van der Waals surface area (Å²) in [7, 11) is 1.64. The molecule has 1 aliphatic rings. The molecule has 0 bridgehead atoms. The monoisotopic (exact) mass is 381 g/mol. The number of amides is 1. The second-order valence-electron chi connectivity index (χ2n) is 7.35. The highest BCUT2D eigenvalue weighted by Gasteiger charge is 2.22. The molecule has 1 aliphatic carbocycles. The molecular formula is C23H27NO4. The number of hydrogen-bond donors (Lipinski definition) is 1. The lowest BCUT2D eigenvalue weighted by molar-refractivity contribution is -0.144. The lowest BCUT2D eigenvalue weighted by atomic mass is 9.86. The van der Waals surface area contributed by atoms with Crippen LogP contribution in [0.15, 0.2) is 42.5 Å². The van der Waals surface area contributed by atoms with Crippen LogP contribution in [0.1, 0.15) is 38.2 Å². The van der Waals surface area contributed by atoms with Gasteiger partial charge in [-0.05, 0) is 59.4 Å². The standard InChI is InChI=1S/C23H27NO4/c1-16-5-3-4-6-21(16)24-22(25)15-28-23(26)12-8-17-7-9-19-14-20(27-2)11-10-18(19)13-17/h7-14,16,21H,3-6,15H2,1-2H3,(H,24,25)/b12-8+/t16-,21+/m0/s1. The second-order valence-corrected chi connectivity index (χ2v) is 7.35. The zero-order valence-corrected chi connectivity index (χ0v) is 16.4. The van der Waals surface area contributed by atoms with Gasteiger partial charge in [-0.1, -0.05) is 38.0 Å². The van der Waals surface area contributed by atoms with Crippen molar-refractivity contribution in [3.05, 3.63) is 48.0 Å². The Kier molecular flexibility index (Phi) is 6.69. The van der Waals surface area contributed by atoms with Gasteiger partial charge < -0.3 is 14.8 Å². The molecule has 2 aromatic carbocycles. The van der Waals surface area contributed by atoms with Crippen molar-refractivity contribution < 1.29 is 19.1 Å². The number of fused-ring (bicyclic) bond motifs is 1. The van der Waals surface area contributed by atoms with Gasteiger partial charge in [0.15, 0.2) is 6.61 Å². The number of rotatable bonds is 6. The average Bonchev–Trinajstić information content (AvgIpc) is 2.72. The quantitative estimate of drug-likeness (QED) is 0.604. The fourth-order valence-corrected chi connectivity index (χ4v) is 3.60. The molecule has 148 valence electrons.